The predicted molar refractivity (Wildman–Crippen MR) is 148 cm³/mol. The molecule has 2 aliphatic rings. The van der Waals surface area contributed by atoms with E-state index in [1.807, 2.05) is 17.5 Å². The molecule has 5 rings (SSSR count). The fourth-order valence-corrected chi connectivity index (χ4v) is 6.34. The summed E-state index contributed by atoms with van der Waals surface area (Å²) in [7, 11) is 0. The van der Waals surface area contributed by atoms with Crippen LogP contribution in [0.1, 0.15) is 42.5 Å². The van der Waals surface area contributed by atoms with Crippen molar-refractivity contribution >= 4 is 34.7 Å². The average molecular weight is 562 g/mol. The summed E-state index contributed by atoms with van der Waals surface area (Å²) in [4.78, 5) is 48.0. The molecule has 2 aromatic heterocycles. The lowest BCUT2D eigenvalue weighted by atomic mass is 9.68. The molecule has 3 heterocycles. The standard InChI is InChI=1S/C30H28FN3O5S/c1-3-38-29(36)24-20(22-8-6-14-40-22)15-21-25(27(24)35)23(17-7-5-13-33-16-17)26(30(37)39-4-2)28(32)34(21)19-11-9-18(31)10-12-19/h5-14,16,20,23-24H,3-4,15,32H2,1-2H3/t20-,23-,24+/m0/s1. The van der Waals surface area contributed by atoms with E-state index in [2.05, 4.69) is 4.98 Å². The van der Waals surface area contributed by atoms with Crippen LogP contribution in [0.5, 0.6) is 0 Å². The summed E-state index contributed by atoms with van der Waals surface area (Å²) in [5, 5.41) is 1.89. The number of hydrogen-bond donors (Lipinski definition) is 1. The van der Waals surface area contributed by atoms with Gasteiger partial charge in [-0.25, -0.2) is 9.18 Å². The number of Topliss-reactive ketones (excluding diaryl/α,β-unsaturated/α-hetero) is 1. The Morgan fingerprint density at radius 3 is 2.48 bits per heavy atom. The van der Waals surface area contributed by atoms with E-state index in [1.165, 1.54) is 35.6 Å². The third-order valence-electron chi connectivity index (χ3n) is 7.09. The highest BCUT2D eigenvalue weighted by Crippen LogP contribution is 2.52. The Hall–Kier alpha value is -4.31. The number of allylic oxidation sites excluding steroid dienone is 2. The number of hydrogen-bond acceptors (Lipinski definition) is 9. The molecule has 0 fully saturated rings. The fraction of sp³-hybridized carbons (Fsp3) is 0.267. The van der Waals surface area contributed by atoms with Gasteiger partial charge in [-0.15, -0.1) is 11.3 Å². The van der Waals surface area contributed by atoms with Gasteiger partial charge in [-0.05, 0) is 67.6 Å². The number of ether oxygens (including phenoxy) is 2. The number of carbonyl (C=O) groups is 3. The van der Waals surface area contributed by atoms with Gasteiger partial charge < -0.3 is 15.2 Å². The van der Waals surface area contributed by atoms with Crippen molar-refractivity contribution in [3.05, 3.63) is 105 Å². The molecule has 40 heavy (non-hydrogen) atoms. The Kier molecular flexibility index (Phi) is 7.79. The van der Waals surface area contributed by atoms with Crippen molar-refractivity contribution in [1.29, 1.82) is 0 Å². The van der Waals surface area contributed by atoms with Crippen molar-refractivity contribution < 1.29 is 28.2 Å². The smallest absolute Gasteiger partial charge is 0.338 e. The highest BCUT2D eigenvalue weighted by atomic mass is 32.1. The van der Waals surface area contributed by atoms with Crippen LogP contribution in [0.25, 0.3) is 0 Å². The minimum Gasteiger partial charge on any atom is -0.465 e. The second-order valence-electron chi connectivity index (χ2n) is 9.33. The van der Waals surface area contributed by atoms with E-state index in [1.54, 1.807) is 43.3 Å². The summed E-state index contributed by atoms with van der Waals surface area (Å²) in [5.41, 5.74) is 8.58. The molecule has 206 valence electrons. The average Bonchev–Trinajstić information content (AvgIpc) is 3.49. The van der Waals surface area contributed by atoms with Crippen molar-refractivity contribution in [2.75, 3.05) is 18.1 Å². The molecular weight excluding hydrogens is 533 g/mol. The molecule has 0 amide bonds. The van der Waals surface area contributed by atoms with Gasteiger partial charge in [-0.1, -0.05) is 12.1 Å². The molecule has 3 aromatic rings. The summed E-state index contributed by atoms with van der Waals surface area (Å²) in [5.74, 6) is -4.78. The van der Waals surface area contributed by atoms with E-state index in [-0.39, 0.29) is 36.6 Å². The van der Waals surface area contributed by atoms with Gasteiger partial charge in [0.1, 0.15) is 17.6 Å². The SMILES string of the molecule is CCOC(=O)C1=C(N)N(c2ccc(F)cc2)C2=C(C(=O)[C@H](C(=O)OCC)[C@H](c3cccs3)C2)[C@@H]1c1cccnc1. The van der Waals surface area contributed by atoms with E-state index >= 15 is 0 Å². The van der Waals surface area contributed by atoms with Crippen molar-refractivity contribution in [1.82, 2.24) is 4.98 Å². The third kappa shape index (κ3) is 4.79. The Bertz CT molecular complexity index is 1490. The molecule has 2 N–H and O–H groups in total. The summed E-state index contributed by atoms with van der Waals surface area (Å²) in [6, 6.07) is 12.8. The number of pyridine rings is 1. The second-order valence-corrected chi connectivity index (χ2v) is 10.3. The highest BCUT2D eigenvalue weighted by Gasteiger charge is 2.51. The fourth-order valence-electron chi connectivity index (χ4n) is 5.47. The normalized spacial score (nSPS) is 20.8. The molecule has 0 spiro atoms. The van der Waals surface area contributed by atoms with Crippen LogP contribution >= 0.6 is 11.3 Å². The number of rotatable bonds is 7. The van der Waals surface area contributed by atoms with Crippen LogP contribution in [-0.2, 0) is 23.9 Å². The summed E-state index contributed by atoms with van der Waals surface area (Å²) in [6.07, 6.45) is 3.39. The summed E-state index contributed by atoms with van der Waals surface area (Å²) in [6.45, 7) is 3.55. The number of carbonyl (C=O) groups excluding carboxylic acids is 3. The molecule has 8 nitrogen and oxygen atoms in total. The van der Waals surface area contributed by atoms with Gasteiger partial charge in [0, 0.05) is 40.1 Å². The second kappa shape index (κ2) is 11.4. The maximum Gasteiger partial charge on any atom is 0.338 e. The minimum absolute atomic E-state index is 0.0449. The first-order chi connectivity index (χ1) is 19.4. The van der Waals surface area contributed by atoms with Gasteiger partial charge >= 0.3 is 11.9 Å². The molecule has 10 heteroatoms. The number of benzene rings is 1. The molecule has 0 radical (unpaired) electrons. The zero-order valence-corrected chi connectivity index (χ0v) is 22.8. The van der Waals surface area contributed by atoms with Crippen LogP contribution in [0.2, 0.25) is 0 Å². The topological polar surface area (TPSA) is 112 Å². The van der Waals surface area contributed by atoms with Gasteiger partial charge in [0.15, 0.2) is 5.78 Å². The Balaban J connectivity index is 1.80. The number of nitrogens with zero attached hydrogens (tertiary/aromatic N) is 2. The van der Waals surface area contributed by atoms with Gasteiger partial charge in [0.05, 0.1) is 24.7 Å². The zero-order valence-electron chi connectivity index (χ0n) is 22.0. The van der Waals surface area contributed by atoms with Crippen LogP contribution in [0.4, 0.5) is 10.1 Å². The van der Waals surface area contributed by atoms with Gasteiger partial charge in [-0.3, -0.25) is 19.5 Å². The van der Waals surface area contributed by atoms with Crippen LogP contribution in [-0.4, -0.2) is 35.9 Å². The zero-order chi connectivity index (χ0) is 28.4. The van der Waals surface area contributed by atoms with Crippen molar-refractivity contribution in [2.45, 2.75) is 32.1 Å². The quantitative estimate of drug-likeness (QED) is 0.323. The number of nitrogens with two attached hydrogens (primary N) is 1. The van der Waals surface area contributed by atoms with E-state index < -0.39 is 41.3 Å². The molecule has 0 saturated heterocycles. The van der Waals surface area contributed by atoms with E-state index in [0.717, 1.165) is 4.88 Å². The van der Waals surface area contributed by atoms with Gasteiger partial charge in [-0.2, -0.15) is 0 Å². The number of thiophene rings is 1. The van der Waals surface area contributed by atoms with E-state index in [9.17, 15) is 18.8 Å². The largest absolute Gasteiger partial charge is 0.465 e. The van der Waals surface area contributed by atoms with Crippen LogP contribution in [0, 0.1) is 11.7 Å². The van der Waals surface area contributed by atoms with Gasteiger partial charge in [0.2, 0.25) is 0 Å². The molecular formula is C30H28FN3O5S. The molecule has 0 bridgehead atoms. The maximum atomic E-state index is 14.6. The van der Waals surface area contributed by atoms with E-state index in [0.29, 0.717) is 16.9 Å². The van der Waals surface area contributed by atoms with Crippen molar-refractivity contribution in [3.8, 4) is 0 Å². The molecule has 3 atom stereocenters. The molecule has 0 unspecified atom stereocenters. The van der Waals surface area contributed by atoms with Gasteiger partial charge in [0.25, 0.3) is 0 Å². The summed E-state index contributed by atoms with van der Waals surface area (Å²) < 4.78 is 24.7. The van der Waals surface area contributed by atoms with Crippen LogP contribution in [0.3, 0.4) is 0 Å². The Labute approximate surface area is 234 Å². The Morgan fingerprint density at radius 1 is 1.10 bits per heavy atom. The van der Waals surface area contributed by atoms with Crippen molar-refractivity contribution in [3.63, 3.8) is 0 Å². The lowest BCUT2D eigenvalue weighted by Gasteiger charge is -2.43. The number of ketones is 1. The lowest BCUT2D eigenvalue weighted by Crippen LogP contribution is -2.46. The highest BCUT2D eigenvalue weighted by molar-refractivity contribution is 7.10. The first-order valence-corrected chi connectivity index (χ1v) is 13.8. The summed E-state index contributed by atoms with van der Waals surface area (Å²) >= 11 is 1.44. The number of esters is 2. The minimum atomic E-state index is -1.13. The third-order valence-corrected chi connectivity index (χ3v) is 8.09. The van der Waals surface area contributed by atoms with Crippen molar-refractivity contribution in [2.24, 2.45) is 11.7 Å². The Morgan fingerprint density at radius 2 is 1.85 bits per heavy atom. The number of anilines is 1. The number of aromatic nitrogens is 1. The monoisotopic (exact) mass is 561 g/mol. The first kappa shape index (κ1) is 27.3. The van der Waals surface area contributed by atoms with Crippen LogP contribution in [0.15, 0.2) is 89.0 Å². The lowest BCUT2D eigenvalue weighted by molar-refractivity contribution is -0.152. The molecule has 0 saturated carbocycles. The maximum absolute atomic E-state index is 14.6. The predicted octanol–water partition coefficient (Wildman–Crippen LogP) is 4.81. The first-order valence-electron chi connectivity index (χ1n) is 13.0. The molecule has 1 aromatic carbocycles. The molecule has 1 aliphatic heterocycles. The van der Waals surface area contributed by atoms with Crippen LogP contribution < -0.4 is 10.6 Å². The number of halogens is 1. The van der Waals surface area contributed by atoms with E-state index in [4.69, 9.17) is 15.2 Å². The molecule has 1 aliphatic carbocycles.